The van der Waals surface area contributed by atoms with Gasteiger partial charge in [-0.3, -0.25) is 14.2 Å². The van der Waals surface area contributed by atoms with Crippen molar-refractivity contribution >= 4 is 23.5 Å². The van der Waals surface area contributed by atoms with Crippen molar-refractivity contribution < 1.29 is 22.7 Å². The first-order valence-corrected chi connectivity index (χ1v) is 9.19. The minimum Gasteiger partial charge on any atom is -0.484 e. The minimum atomic E-state index is -4.43. The number of rotatable bonds is 4. The number of aromatic nitrogens is 2. The quantitative estimate of drug-likeness (QED) is 0.613. The van der Waals surface area contributed by atoms with Gasteiger partial charge in [0.1, 0.15) is 11.6 Å². The highest BCUT2D eigenvalue weighted by atomic mass is 32.2. The predicted molar refractivity (Wildman–Crippen MR) is 99.3 cm³/mol. The fraction of sp³-hybridized carbons (Fsp3) is 0.389. The summed E-state index contributed by atoms with van der Waals surface area (Å²) in [7, 11) is 0. The van der Waals surface area contributed by atoms with Gasteiger partial charge in [0.2, 0.25) is 5.91 Å². The fourth-order valence-electron chi connectivity index (χ4n) is 2.56. The number of halogens is 3. The zero-order valence-corrected chi connectivity index (χ0v) is 16.2. The summed E-state index contributed by atoms with van der Waals surface area (Å²) < 4.78 is 42.7. The largest absolute Gasteiger partial charge is 0.484 e. The smallest absolute Gasteiger partial charge is 0.422 e. The van der Waals surface area contributed by atoms with Crippen LogP contribution in [0, 0.1) is 0 Å². The van der Waals surface area contributed by atoms with Gasteiger partial charge < -0.3 is 10.1 Å². The number of hydrogen-bond acceptors (Lipinski definition) is 5. The number of alkyl halides is 3. The van der Waals surface area contributed by atoms with Crippen LogP contribution >= 0.6 is 11.8 Å². The van der Waals surface area contributed by atoms with Crippen molar-refractivity contribution in [2.24, 2.45) is 0 Å². The van der Waals surface area contributed by atoms with Crippen LogP contribution in [0.15, 0.2) is 34.2 Å². The summed E-state index contributed by atoms with van der Waals surface area (Å²) in [5.41, 5.74) is 0.297. The fourth-order valence-corrected chi connectivity index (χ4v) is 3.53. The molecule has 1 aliphatic heterocycles. The van der Waals surface area contributed by atoms with Gasteiger partial charge in [-0.1, -0.05) is 32.5 Å². The lowest BCUT2D eigenvalue weighted by atomic mass is 10.2. The Labute approximate surface area is 163 Å². The van der Waals surface area contributed by atoms with Gasteiger partial charge in [0.15, 0.2) is 11.8 Å². The number of amides is 1. The van der Waals surface area contributed by atoms with Crippen molar-refractivity contribution in [3.8, 4) is 11.4 Å². The number of hydrogen-bond donors (Lipinski definition) is 1. The maximum atomic E-state index is 13.0. The molecule has 0 unspecified atom stereocenters. The molecular formula is C18H18F3N3O3S. The van der Waals surface area contributed by atoms with Gasteiger partial charge in [-0.25, -0.2) is 4.98 Å². The van der Waals surface area contributed by atoms with Gasteiger partial charge in [-0.05, 0) is 24.3 Å². The number of thioether (sulfide) groups is 1. The summed E-state index contributed by atoms with van der Waals surface area (Å²) in [5.74, 6) is -0.0202. The molecule has 28 heavy (non-hydrogen) atoms. The van der Waals surface area contributed by atoms with Gasteiger partial charge in [-0.2, -0.15) is 13.2 Å². The van der Waals surface area contributed by atoms with Gasteiger partial charge in [0, 0.05) is 4.75 Å². The van der Waals surface area contributed by atoms with Crippen molar-refractivity contribution in [3.05, 3.63) is 40.2 Å². The summed E-state index contributed by atoms with van der Waals surface area (Å²) in [6, 6.07) is 5.68. The molecule has 0 aliphatic carbocycles. The van der Waals surface area contributed by atoms with Crippen LogP contribution in [-0.2, 0) is 11.2 Å². The van der Waals surface area contributed by atoms with E-state index >= 15 is 0 Å². The number of carbonyl (C=O) groups is 1. The lowest BCUT2D eigenvalue weighted by molar-refractivity contribution is -0.153. The maximum Gasteiger partial charge on any atom is 0.422 e. The molecule has 2 aromatic rings. The Morgan fingerprint density at radius 3 is 2.39 bits per heavy atom. The molecular weight excluding hydrogens is 395 g/mol. The van der Waals surface area contributed by atoms with E-state index in [9.17, 15) is 22.8 Å². The predicted octanol–water partition coefficient (Wildman–Crippen LogP) is 3.56. The summed E-state index contributed by atoms with van der Waals surface area (Å²) in [6.45, 7) is 4.46. The molecule has 1 aromatic heterocycles. The summed E-state index contributed by atoms with van der Waals surface area (Å²) >= 11 is 1.34. The molecule has 6 nitrogen and oxygen atoms in total. The molecule has 150 valence electrons. The van der Waals surface area contributed by atoms with E-state index in [1.54, 1.807) is 0 Å². The van der Waals surface area contributed by atoms with Crippen molar-refractivity contribution in [3.63, 3.8) is 0 Å². The van der Waals surface area contributed by atoms with E-state index in [1.807, 2.05) is 20.8 Å². The number of anilines is 1. The second-order valence-electron chi connectivity index (χ2n) is 7.20. The maximum absolute atomic E-state index is 13.0. The van der Waals surface area contributed by atoms with Crippen LogP contribution in [0.3, 0.4) is 0 Å². The van der Waals surface area contributed by atoms with Crippen LogP contribution in [-0.4, -0.2) is 33.0 Å². The molecule has 3 rings (SSSR count). The van der Waals surface area contributed by atoms with Gasteiger partial charge in [-0.15, -0.1) is 0 Å². The standard InChI is InChI=1S/C18H18F3N3O3S/c1-17(2,3)28-16-23-14-12(8-13(25)22-14)15(26)24(16)10-4-6-11(7-5-10)27-9-18(19,20)21/h4-7H,8-9H2,1-3H3,(H,22,25). The van der Waals surface area contributed by atoms with Gasteiger partial charge in [0.05, 0.1) is 17.7 Å². The van der Waals surface area contributed by atoms with Gasteiger partial charge >= 0.3 is 6.18 Å². The first kappa shape index (κ1) is 20.2. The molecule has 0 bridgehead atoms. The highest BCUT2D eigenvalue weighted by Crippen LogP contribution is 2.33. The highest BCUT2D eigenvalue weighted by Gasteiger charge is 2.29. The van der Waals surface area contributed by atoms with Crippen molar-refractivity contribution in [1.82, 2.24) is 9.55 Å². The van der Waals surface area contributed by atoms with Crippen LogP contribution in [0.25, 0.3) is 5.69 Å². The summed E-state index contributed by atoms with van der Waals surface area (Å²) in [5, 5.41) is 2.96. The number of nitrogens with one attached hydrogen (secondary N) is 1. The third kappa shape index (κ3) is 4.67. The molecule has 1 aliphatic rings. The van der Waals surface area contributed by atoms with E-state index in [0.717, 1.165) is 0 Å². The average molecular weight is 413 g/mol. The Bertz CT molecular complexity index is 964. The van der Waals surface area contributed by atoms with Crippen LogP contribution in [0.4, 0.5) is 19.0 Å². The number of nitrogens with zero attached hydrogens (tertiary/aromatic N) is 2. The van der Waals surface area contributed by atoms with Gasteiger partial charge in [0.25, 0.3) is 5.56 Å². The highest BCUT2D eigenvalue weighted by molar-refractivity contribution is 8.00. The van der Waals surface area contributed by atoms with Crippen LogP contribution < -0.4 is 15.6 Å². The third-order valence-corrected chi connectivity index (χ3v) is 4.70. The normalized spacial score (nSPS) is 14.0. The summed E-state index contributed by atoms with van der Waals surface area (Å²) in [4.78, 5) is 29.1. The number of carbonyl (C=O) groups excluding carboxylic acids is 1. The Morgan fingerprint density at radius 2 is 1.82 bits per heavy atom. The van der Waals surface area contributed by atoms with Crippen LogP contribution in [0.1, 0.15) is 26.3 Å². The molecule has 1 amide bonds. The Kier molecular flexibility index (Phi) is 5.18. The topological polar surface area (TPSA) is 73.2 Å². The zero-order valence-electron chi connectivity index (χ0n) is 15.4. The molecule has 2 heterocycles. The number of benzene rings is 1. The second-order valence-corrected chi connectivity index (χ2v) is 8.99. The molecule has 1 aromatic carbocycles. The minimum absolute atomic E-state index is 0.0325. The molecule has 0 radical (unpaired) electrons. The first-order valence-electron chi connectivity index (χ1n) is 8.38. The first-order chi connectivity index (χ1) is 12.9. The van der Waals surface area contributed by atoms with E-state index in [0.29, 0.717) is 10.8 Å². The Hall–Kier alpha value is -2.49. The number of ether oxygens (including phenoxy) is 1. The van der Waals surface area contributed by atoms with Crippen LogP contribution in [0.5, 0.6) is 5.75 Å². The zero-order chi connectivity index (χ0) is 20.7. The third-order valence-electron chi connectivity index (χ3n) is 3.64. The average Bonchev–Trinajstić information content (AvgIpc) is 2.92. The molecule has 0 spiro atoms. The van der Waals surface area contributed by atoms with E-state index in [1.165, 1.54) is 40.6 Å². The van der Waals surface area contributed by atoms with Crippen LogP contribution in [0.2, 0.25) is 0 Å². The molecule has 0 saturated carbocycles. The Morgan fingerprint density at radius 1 is 1.18 bits per heavy atom. The lowest BCUT2D eigenvalue weighted by Gasteiger charge is -2.21. The monoisotopic (exact) mass is 413 g/mol. The van der Waals surface area contributed by atoms with E-state index in [2.05, 4.69) is 10.3 Å². The van der Waals surface area contributed by atoms with Crippen molar-refractivity contribution in [1.29, 1.82) is 0 Å². The van der Waals surface area contributed by atoms with Crippen molar-refractivity contribution in [2.75, 3.05) is 11.9 Å². The summed E-state index contributed by atoms with van der Waals surface area (Å²) in [6.07, 6.45) is -4.50. The van der Waals surface area contributed by atoms with E-state index in [4.69, 9.17) is 4.74 Å². The molecule has 0 atom stereocenters. The van der Waals surface area contributed by atoms with E-state index in [-0.39, 0.29) is 39.8 Å². The number of fused-ring (bicyclic) bond motifs is 1. The molecule has 0 saturated heterocycles. The lowest BCUT2D eigenvalue weighted by Crippen LogP contribution is -2.26. The SMILES string of the molecule is CC(C)(C)Sc1nc2c(c(=O)n1-c1ccc(OCC(F)(F)F)cc1)CC(=O)N2. The molecule has 0 fully saturated rings. The van der Waals surface area contributed by atoms with Crippen molar-refractivity contribution in [2.45, 2.75) is 43.3 Å². The molecule has 1 N–H and O–H groups in total. The Balaban J connectivity index is 2.02. The second kappa shape index (κ2) is 7.16. The van der Waals surface area contributed by atoms with E-state index < -0.39 is 12.8 Å². The molecule has 10 heteroatoms.